The maximum atomic E-state index is 11.8. The van der Waals surface area contributed by atoms with E-state index in [9.17, 15) is 4.79 Å². The second-order valence-corrected chi connectivity index (χ2v) is 4.84. The molecule has 18 heavy (non-hydrogen) atoms. The summed E-state index contributed by atoms with van der Waals surface area (Å²) < 4.78 is 0. The van der Waals surface area contributed by atoms with E-state index in [1.54, 1.807) is 18.3 Å². The van der Waals surface area contributed by atoms with Crippen molar-refractivity contribution in [2.24, 2.45) is 0 Å². The highest BCUT2D eigenvalue weighted by molar-refractivity contribution is 5.78. The fourth-order valence-electron chi connectivity index (χ4n) is 2.24. The number of carbonyl (C=O) groups is 1. The monoisotopic (exact) mass is 248 g/mol. The molecule has 1 aliphatic heterocycles. The summed E-state index contributed by atoms with van der Waals surface area (Å²) in [5.74, 6) is 0.0209. The Morgan fingerprint density at radius 3 is 3.06 bits per heavy atom. The van der Waals surface area contributed by atoms with Gasteiger partial charge in [0.05, 0.1) is 18.3 Å². The number of pyridine rings is 1. The van der Waals surface area contributed by atoms with Crippen molar-refractivity contribution >= 4 is 11.6 Å². The van der Waals surface area contributed by atoms with Crippen LogP contribution in [0.15, 0.2) is 18.3 Å². The molecule has 0 bridgehead atoms. The number of nitrogens with one attached hydrogen (secondary N) is 1. The molecule has 5 heteroatoms. The molecule has 1 atom stereocenters. The largest absolute Gasteiger partial charge is 0.397 e. The van der Waals surface area contributed by atoms with Gasteiger partial charge in [-0.3, -0.25) is 9.78 Å². The molecule has 5 nitrogen and oxygen atoms in total. The first-order chi connectivity index (χ1) is 8.65. The van der Waals surface area contributed by atoms with Crippen LogP contribution in [0, 0.1) is 0 Å². The summed E-state index contributed by atoms with van der Waals surface area (Å²) in [5, 5.41) is 2.97. The normalized spacial score (nSPS) is 19.9. The number of nitrogens with zero attached hydrogens (tertiary/aromatic N) is 2. The lowest BCUT2D eigenvalue weighted by molar-refractivity contribution is -0.120. The van der Waals surface area contributed by atoms with Gasteiger partial charge in [-0.15, -0.1) is 0 Å². The second-order valence-electron chi connectivity index (χ2n) is 4.84. The van der Waals surface area contributed by atoms with E-state index in [2.05, 4.69) is 22.2 Å². The topological polar surface area (TPSA) is 71.2 Å². The van der Waals surface area contributed by atoms with Crippen molar-refractivity contribution in [2.45, 2.75) is 25.3 Å². The summed E-state index contributed by atoms with van der Waals surface area (Å²) >= 11 is 0. The molecule has 1 aromatic heterocycles. The van der Waals surface area contributed by atoms with E-state index in [0.717, 1.165) is 25.2 Å². The zero-order valence-electron chi connectivity index (χ0n) is 10.7. The third-order valence-corrected chi connectivity index (χ3v) is 3.40. The summed E-state index contributed by atoms with van der Waals surface area (Å²) in [5.41, 5.74) is 6.91. The minimum absolute atomic E-state index is 0.0209. The Bertz CT molecular complexity index is 404. The molecule has 1 fully saturated rings. The number of rotatable bonds is 4. The lowest BCUT2D eigenvalue weighted by Crippen LogP contribution is -2.38. The van der Waals surface area contributed by atoms with E-state index in [0.29, 0.717) is 18.2 Å². The van der Waals surface area contributed by atoms with Gasteiger partial charge in [0.1, 0.15) is 0 Å². The Labute approximate surface area is 107 Å². The highest BCUT2D eigenvalue weighted by atomic mass is 16.1. The molecule has 0 radical (unpaired) electrons. The van der Waals surface area contributed by atoms with Gasteiger partial charge in [-0.2, -0.15) is 0 Å². The van der Waals surface area contributed by atoms with Crippen LogP contribution in [0.1, 0.15) is 18.5 Å². The van der Waals surface area contributed by atoms with Crippen LogP contribution in [0.4, 0.5) is 5.69 Å². The van der Waals surface area contributed by atoms with Gasteiger partial charge in [-0.25, -0.2) is 0 Å². The van der Waals surface area contributed by atoms with Crippen LogP contribution >= 0.6 is 0 Å². The van der Waals surface area contributed by atoms with Gasteiger partial charge in [-0.1, -0.05) is 0 Å². The Hall–Kier alpha value is -1.62. The highest BCUT2D eigenvalue weighted by Crippen LogP contribution is 2.13. The number of anilines is 1. The standard InChI is InChI=1S/C13H20N4O/c1-17-6-2-3-12(17)9-16-13(18)7-11-5-4-10(14)8-15-11/h4-5,8,12H,2-3,6-7,9,14H2,1H3,(H,16,18). The average Bonchev–Trinajstić information content (AvgIpc) is 2.75. The van der Waals surface area contributed by atoms with Crippen LogP contribution in [-0.2, 0) is 11.2 Å². The number of hydrogen-bond acceptors (Lipinski definition) is 4. The minimum Gasteiger partial charge on any atom is -0.397 e. The Morgan fingerprint density at radius 2 is 2.44 bits per heavy atom. The van der Waals surface area contributed by atoms with E-state index in [4.69, 9.17) is 5.73 Å². The third-order valence-electron chi connectivity index (χ3n) is 3.40. The molecule has 1 unspecified atom stereocenters. The lowest BCUT2D eigenvalue weighted by Gasteiger charge is -2.19. The minimum atomic E-state index is 0.0209. The number of amides is 1. The van der Waals surface area contributed by atoms with Crippen LogP contribution in [0.5, 0.6) is 0 Å². The van der Waals surface area contributed by atoms with Crippen molar-refractivity contribution in [3.8, 4) is 0 Å². The molecule has 3 N–H and O–H groups in total. The number of hydrogen-bond donors (Lipinski definition) is 2. The number of aromatic nitrogens is 1. The lowest BCUT2D eigenvalue weighted by atomic mass is 10.2. The summed E-state index contributed by atoms with van der Waals surface area (Å²) in [7, 11) is 2.10. The molecule has 2 rings (SSSR count). The van der Waals surface area contributed by atoms with Gasteiger partial charge < -0.3 is 16.0 Å². The molecule has 0 aliphatic carbocycles. The SMILES string of the molecule is CN1CCCC1CNC(=O)Cc1ccc(N)cn1. The van der Waals surface area contributed by atoms with Gasteiger partial charge >= 0.3 is 0 Å². The second kappa shape index (κ2) is 5.82. The van der Waals surface area contributed by atoms with E-state index in [-0.39, 0.29) is 5.91 Å². The van der Waals surface area contributed by atoms with Gasteiger partial charge in [-0.05, 0) is 38.6 Å². The van der Waals surface area contributed by atoms with Crippen molar-refractivity contribution in [2.75, 3.05) is 25.9 Å². The van der Waals surface area contributed by atoms with E-state index in [1.807, 2.05) is 0 Å². The quantitative estimate of drug-likeness (QED) is 0.810. The smallest absolute Gasteiger partial charge is 0.226 e. The van der Waals surface area contributed by atoms with Crippen LogP contribution < -0.4 is 11.1 Å². The van der Waals surface area contributed by atoms with Crippen molar-refractivity contribution < 1.29 is 4.79 Å². The van der Waals surface area contributed by atoms with Crippen molar-refractivity contribution in [1.29, 1.82) is 0 Å². The Balaban J connectivity index is 1.76. The van der Waals surface area contributed by atoms with Gasteiger partial charge in [0.2, 0.25) is 5.91 Å². The van der Waals surface area contributed by atoms with Crippen molar-refractivity contribution in [3.63, 3.8) is 0 Å². The van der Waals surface area contributed by atoms with E-state index in [1.165, 1.54) is 6.42 Å². The van der Waals surface area contributed by atoms with Gasteiger partial charge in [0, 0.05) is 18.3 Å². The molecule has 1 amide bonds. The fraction of sp³-hybridized carbons (Fsp3) is 0.538. The number of carbonyl (C=O) groups excluding carboxylic acids is 1. The fourth-order valence-corrected chi connectivity index (χ4v) is 2.24. The first-order valence-electron chi connectivity index (χ1n) is 6.32. The molecule has 0 spiro atoms. The zero-order valence-corrected chi connectivity index (χ0v) is 10.7. The Kier molecular flexibility index (Phi) is 4.15. The predicted molar refractivity (Wildman–Crippen MR) is 71.0 cm³/mol. The number of likely N-dealkylation sites (N-methyl/N-ethyl adjacent to an activating group) is 1. The predicted octanol–water partition coefficient (Wildman–Crippen LogP) is 0.417. The van der Waals surface area contributed by atoms with Crippen molar-refractivity contribution in [1.82, 2.24) is 15.2 Å². The molecule has 1 aliphatic rings. The molecule has 0 aromatic carbocycles. The van der Waals surface area contributed by atoms with Gasteiger partial charge in [0.25, 0.3) is 0 Å². The van der Waals surface area contributed by atoms with Gasteiger partial charge in [0.15, 0.2) is 0 Å². The number of likely N-dealkylation sites (tertiary alicyclic amines) is 1. The first kappa shape index (κ1) is 12.8. The molecule has 1 saturated heterocycles. The molecular formula is C13H20N4O. The third kappa shape index (κ3) is 3.43. The van der Waals surface area contributed by atoms with Crippen molar-refractivity contribution in [3.05, 3.63) is 24.0 Å². The molecular weight excluding hydrogens is 228 g/mol. The maximum absolute atomic E-state index is 11.8. The maximum Gasteiger partial charge on any atom is 0.226 e. The number of nitrogen functional groups attached to an aromatic ring is 1. The first-order valence-corrected chi connectivity index (χ1v) is 6.32. The zero-order chi connectivity index (χ0) is 13.0. The van der Waals surface area contributed by atoms with E-state index < -0.39 is 0 Å². The summed E-state index contributed by atoms with van der Waals surface area (Å²) in [6, 6.07) is 4.03. The van der Waals surface area contributed by atoms with E-state index >= 15 is 0 Å². The molecule has 1 aromatic rings. The molecule has 2 heterocycles. The van der Waals surface area contributed by atoms with Crippen LogP contribution in [0.3, 0.4) is 0 Å². The van der Waals surface area contributed by atoms with Crippen LogP contribution in [-0.4, -0.2) is 42.0 Å². The Morgan fingerprint density at radius 1 is 1.61 bits per heavy atom. The average molecular weight is 248 g/mol. The number of nitrogens with two attached hydrogens (primary N) is 1. The molecule has 98 valence electrons. The summed E-state index contributed by atoms with van der Waals surface area (Å²) in [4.78, 5) is 18.2. The van der Waals surface area contributed by atoms with Crippen LogP contribution in [0.25, 0.3) is 0 Å². The summed E-state index contributed by atoms with van der Waals surface area (Å²) in [6.45, 7) is 1.85. The highest BCUT2D eigenvalue weighted by Gasteiger charge is 2.20. The molecule has 0 saturated carbocycles. The van der Waals surface area contributed by atoms with Crippen LogP contribution in [0.2, 0.25) is 0 Å². The summed E-state index contributed by atoms with van der Waals surface area (Å²) in [6.07, 6.45) is 4.28.